The van der Waals surface area contributed by atoms with E-state index in [2.05, 4.69) is 5.32 Å². The molecule has 1 aromatic rings. The first kappa shape index (κ1) is 31.0. The molecule has 5 N–H and O–H groups in total. The van der Waals surface area contributed by atoms with Gasteiger partial charge in [0.1, 0.15) is 41.9 Å². The quantitative estimate of drug-likeness (QED) is 0.220. The number of rotatable bonds is 13. The third-order valence-corrected chi connectivity index (χ3v) is 7.86. The topological polar surface area (TPSA) is 184 Å². The second-order valence-corrected chi connectivity index (χ2v) is 10.9. The summed E-state index contributed by atoms with van der Waals surface area (Å²) in [5, 5.41) is 43.4. The van der Waals surface area contributed by atoms with Crippen LogP contribution in [0.4, 0.5) is 0 Å². The van der Waals surface area contributed by atoms with E-state index in [1.165, 1.54) is 26.2 Å². The predicted molar refractivity (Wildman–Crippen MR) is 131 cm³/mol. The highest BCUT2D eigenvalue weighted by atomic mass is 31.2. The summed E-state index contributed by atoms with van der Waals surface area (Å²) in [5.74, 6) is -1.24. The molecule has 1 aromatic carbocycles. The molecule has 0 saturated carbocycles. The Hall–Kier alpha value is -2.25. The summed E-state index contributed by atoms with van der Waals surface area (Å²) in [7, 11) is -2.95. The van der Waals surface area contributed by atoms with Gasteiger partial charge in [0.2, 0.25) is 5.91 Å². The van der Waals surface area contributed by atoms with E-state index >= 15 is 0 Å². The molecule has 0 aliphatic carbocycles. The van der Waals surface area contributed by atoms with Crippen molar-refractivity contribution >= 4 is 19.6 Å². The van der Waals surface area contributed by atoms with Gasteiger partial charge in [0.25, 0.3) is 0 Å². The maximum atomic E-state index is 14.2. The number of carbonyl (C=O) groups excluding carboxylic acids is 1. The van der Waals surface area contributed by atoms with E-state index in [1.54, 1.807) is 19.1 Å². The number of aliphatic hydroxyl groups is 3. The van der Waals surface area contributed by atoms with E-state index in [0.29, 0.717) is 5.75 Å². The van der Waals surface area contributed by atoms with Gasteiger partial charge in [0, 0.05) is 13.5 Å². The fourth-order valence-electron chi connectivity index (χ4n) is 3.93. The number of carboxylic acids is 1. The molecule has 2 rings (SSSR count). The lowest BCUT2D eigenvalue weighted by atomic mass is 9.97. The van der Waals surface area contributed by atoms with Crippen LogP contribution in [0, 0.1) is 5.92 Å². The van der Waals surface area contributed by atoms with Crippen LogP contribution in [0.5, 0.6) is 11.5 Å². The summed E-state index contributed by atoms with van der Waals surface area (Å²) in [5.41, 5.74) is 0. The molecule has 1 fully saturated rings. The van der Waals surface area contributed by atoms with Gasteiger partial charge in [-0.2, -0.15) is 4.67 Å². The van der Waals surface area contributed by atoms with Gasteiger partial charge in [-0.1, -0.05) is 20.8 Å². The zero-order valence-electron chi connectivity index (χ0n) is 21.5. The Kier molecular flexibility index (Phi) is 11.3. The Morgan fingerprint density at radius 1 is 1.14 bits per heavy atom. The number of aliphatic carboxylic acids is 1. The van der Waals surface area contributed by atoms with E-state index in [-0.39, 0.29) is 24.6 Å². The molecule has 0 aromatic heterocycles. The highest BCUT2D eigenvalue weighted by Gasteiger charge is 2.47. The molecule has 0 spiro atoms. The van der Waals surface area contributed by atoms with Crippen LogP contribution in [0.25, 0.3) is 0 Å². The zero-order chi connectivity index (χ0) is 27.9. The van der Waals surface area contributed by atoms with Crippen LogP contribution in [0.1, 0.15) is 34.1 Å². The van der Waals surface area contributed by atoms with Gasteiger partial charge in [-0.25, -0.2) is 4.57 Å². The molecule has 210 valence electrons. The molecule has 0 radical (unpaired) electrons. The molecule has 2 unspecified atom stereocenters. The van der Waals surface area contributed by atoms with Crippen LogP contribution < -0.4 is 14.6 Å². The molecule has 7 atom stereocenters. The Morgan fingerprint density at radius 3 is 2.22 bits per heavy atom. The molecule has 0 bridgehead atoms. The van der Waals surface area contributed by atoms with Gasteiger partial charge in [-0.05, 0) is 36.6 Å². The lowest BCUT2D eigenvalue weighted by molar-refractivity contribution is -0.252. The first-order chi connectivity index (χ1) is 17.3. The van der Waals surface area contributed by atoms with E-state index < -0.39 is 62.9 Å². The van der Waals surface area contributed by atoms with Gasteiger partial charge in [-0.15, -0.1) is 0 Å². The highest BCUT2D eigenvalue weighted by molar-refractivity contribution is 7.51. The van der Waals surface area contributed by atoms with E-state index in [9.17, 15) is 34.6 Å². The summed E-state index contributed by atoms with van der Waals surface area (Å²) < 4.78 is 37.1. The summed E-state index contributed by atoms with van der Waals surface area (Å²) in [4.78, 5) is 23.5. The van der Waals surface area contributed by atoms with Crippen molar-refractivity contribution in [3.63, 3.8) is 0 Å². The fraction of sp³-hybridized carbons (Fsp3) is 0.652. The number of likely N-dealkylation sites (N-methyl/N-ethyl adjacent to an activating group) is 1. The number of aliphatic hydroxyl groups excluding tert-OH is 3. The van der Waals surface area contributed by atoms with E-state index in [1.807, 2.05) is 13.8 Å². The highest BCUT2D eigenvalue weighted by Crippen LogP contribution is 2.54. The lowest BCUT2D eigenvalue weighted by Crippen LogP contribution is -2.64. The number of methoxy groups -OCH3 is 1. The number of nitrogens with zero attached hydrogens (tertiary/aromatic N) is 1. The third-order valence-electron chi connectivity index (χ3n) is 5.75. The molecule has 1 aliphatic heterocycles. The largest absolute Gasteiger partial charge is 0.497 e. The molecule has 13 nitrogen and oxygen atoms in total. The minimum Gasteiger partial charge on any atom is -0.497 e. The van der Waals surface area contributed by atoms with Crippen molar-refractivity contribution in [1.29, 1.82) is 0 Å². The summed E-state index contributed by atoms with van der Waals surface area (Å²) in [6.45, 7) is 5.74. The molecule has 1 amide bonds. The smallest absolute Gasteiger partial charge is 0.462 e. The number of ether oxygens (including phenoxy) is 2. The lowest BCUT2D eigenvalue weighted by Gasteiger charge is -2.41. The van der Waals surface area contributed by atoms with Gasteiger partial charge < -0.3 is 39.7 Å². The molecular formula is C23H37N2O11P. The van der Waals surface area contributed by atoms with Crippen LogP contribution in [-0.4, -0.2) is 93.9 Å². The predicted octanol–water partition coefficient (Wildman–Crippen LogP) is 0.964. The molecular weight excluding hydrogens is 511 g/mol. The summed E-state index contributed by atoms with van der Waals surface area (Å²) in [6.07, 6.45) is -6.21. The van der Waals surface area contributed by atoms with Crippen molar-refractivity contribution < 1.29 is 53.1 Å². The number of nitrogens with one attached hydrogen (secondary N) is 1. The number of carbonyl (C=O) groups is 2. The normalized spacial score (nSPS) is 26.4. The van der Waals surface area contributed by atoms with Crippen LogP contribution in [-0.2, 0) is 23.4 Å². The maximum absolute atomic E-state index is 14.2. The van der Waals surface area contributed by atoms with Crippen molar-refractivity contribution in [2.45, 2.75) is 70.8 Å². The van der Waals surface area contributed by atoms with Gasteiger partial charge >= 0.3 is 13.7 Å². The second-order valence-electron chi connectivity index (χ2n) is 9.04. The Balaban J connectivity index is 2.35. The number of benzene rings is 1. The van der Waals surface area contributed by atoms with Crippen molar-refractivity contribution in [2.24, 2.45) is 5.92 Å². The van der Waals surface area contributed by atoms with Gasteiger partial charge in [0.15, 0.2) is 6.29 Å². The Bertz CT molecular complexity index is 945. The Labute approximate surface area is 215 Å². The fourth-order valence-corrected chi connectivity index (χ4v) is 5.84. The number of amides is 1. The maximum Gasteiger partial charge on any atom is 0.462 e. The second kappa shape index (κ2) is 13.5. The average molecular weight is 549 g/mol. The van der Waals surface area contributed by atoms with Crippen molar-refractivity contribution in [2.75, 3.05) is 20.3 Å². The number of hydrogen-bond donors (Lipinski definition) is 5. The minimum absolute atomic E-state index is 0.0267. The van der Waals surface area contributed by atoms with Crippen LogP contribution >= 0.6 is 7.75 Å². The molecule has 1 saturated heterocycles. The SMILES string of the molecule is CCN(C(CC(C)C)C(=O)O)P(=O)(OC[C@H]1O[C@H](O)[C@@H](NC(C)=O)[C@@H](O)[C@@H]1O)Oc1ccc(OC)cc1. The number of hydrogen-bond acceptors (Lipinski definition) is 10. The standard InChI is InChI=1S/C23H37N2O11P/c1-6-25(17(22(29)30)11-13(2)3)37(32,36-16-9-7-15(33-5)8-10-16)34-12-18-20(27)21(28)19(23(31)35-18)24-14(4)26/h7-10,13,17-21,23,27-28,31H,6,11-12H2,1-5H3,(H,24,26)(H,29,30)/t17?,18-,19+,20-,21-,23+,37?/m1/s1. The van der Waals surface area contributed by atoms with Crippen molar-refractivity contribution in [3.8, 4) is 11.5 Å². The van der Waals surface area contributed by atoms with Crippen LogP contribution in [0.3, 0.4) is 0 Å². The Morgan fingerprint density at radius 2 is 1.73 bits per heavy atom. The van der Waals surface area contributed by atoms with E-state index in [4.69, 9.17) is 18.5 Å². The minimum atomic E-state index is -4.42. The third kappa shape index (κ3) is 8.11. The first-order valence-corrected chi connectivity index (χ1v) is 13.4. The van der Waals surface area contributed by atoms with Crippen molar-refractivity contribution in [3.05, 3.63) is 24.3 Å². The zero-order valence-corrected chi connectivity index (χ0v) is 22.4. The summed E-state index contributed by atoms with van der Waals surface area (Å²) in [6, 6.07) is 3.52. The monoisotopic (exact) mass is 548 g/mol. The molecule has 1 aliphatic rings. The van der Waals surface area contributed by atoms with Gasteiger partial charge in [-0.3, -0.25) is 14.1 Å². The molecule has 14 heteroatoms. The van der Waals surface area contributed by atoms with E-state index in [0.717, 1.165) is 4.67 Å². The average Bonchev–Trinajstić information content (AvgIpc) is 2.83. The molecule has 37 heavy (non-hydrogen) atoms. The van der Waals surface area contributed by atoms with Crippen molar-refractivity contribution in [1.82, 2.24) is 9.99 Å². The van der Waals surface area contributed by atoms with Crippen LogP contribution in [0.2, 0.25) is 0 Å². The number of carboxylic acid groups (broad SMARTS) is 1. The van der Waals surface area contributed by atoms with Gasteiger partial charge in [0.05, 0.1) is 13.7 Å². The summed E-state index contributed by atoms with van der Waals surface area (Å²) >= 11 is 0. The molecule has 1 heterocycles. The first-order valence-electron chi connectivity index (χ1n) is 11.9. The van der Waals surface area contributed by atoms with Crippen LogP contribution in [0.15, 0.2) is 24.3 Å².